The van der Waals surface area contributed by atoms with Crippen LogP contribution in [0.15, 0.2) is 35.2 Å². The van der Waals surface area contributed by atoms with Crippen LogP contribution in [-0.4, -0.2) is 56.9 Å². The number of amides is 2. The number of nitrogens with zero attached hydrogens (tertiary/aromatic N) is 5. The third kappa shape index (κ3) is 2.34. The Labute approximate surface area is 138 Å². The van der Waals surface area contributed by atoms with Crippen LogP contribution in [0.3, 0.4) is 0 Å². The predicted octanol–water partition coefficient (Wildman–Crippen LogP) is 0.434. The van der Waals surface area contributed by atoms with Crippen molar-refractivity contribution in [3.05, 3.63) is 41.7 Å². The second-order valence-electron chi connectivity index (χ2n) is 5.78. The summed E-state index contributed by atoms with van der Waals surface area (Å²) in [5.41, 5.74) is 1.12. The van der Waals surface area contributed by atoms with Crippen molar-refractivity contribution >= 4 is 15.9 Å². The molecule has 1 unspecified atom stereocenters. The lowest BCUT2D eigenvalue weighted by molar-refractivity contribution is -0.0598. The second-order valence-corrected chi connectivity index (χ2v) is 7.89. The van der Waals surface area contributed by atoms with Crippen LogP contribution in [0.2, 0.25) is 0 Å². The zero-order valence-electron chi connectivity index (χ0n) is 12.6. The van der Waals surface area contributed by atoms with Crippen molar-refractivity contribution in [3.8, 4) is 0 Å². The first-order valence-corrected chi connectivity index (χ1v) is 9.09. The first-order chi connectivity index (χ1) is 11.5. The van der Waals surface area contributed by atoms with Gasteiger partial charge in [-0.05, 0) is 12.1 Å². The fourth-order valence-corrected chi connectivity index (χ4v) is 4.18. The molecule has 2 amide bonds. The van der Waals surface area contributed by atoms with E-state index in [1.54, 1.807) is 30.3 Å². The molecule has 24 heavy (non-hydrogen) atoms. The molecule has 9 nitrogen and oxygen atoms in total. The highest BCUT2D eigenvalue weighted by Crippen LogP contribution is 2.34. The highest BCUT2D eigenvalue weighted by molar-refractivity contribution is 7.91. The molecule has 1 fully saturated rings. The maximum atomic E-state index is 12.3. The van der Waals surface area contributed by atoms with Crippen molar-refractivity contribution in [1.29, 1.82) is 0 Å². The minimum atomic E-state index is -3.41. The molecule has 126 valence electrons. The summed E-state index contributed by atoms with van der Waals surface area (Å²) in [5.74, 6) is -0.124. The van der Waals surface area contributed by atoms with E-state index in [4.69, 9.17) is 0 Å². The van der Waals surface area contributed by atoms with E-state index in [2.05, 4.69) is 10.2 Å². The van der Waals surface area contributed by atoms with Gasteiger partial charge in [-0.15, -0.1) is 0 Å². The number of urea groups is 1. The summed E-state index contributed by atoms with van der Waals surface area (Å²) in [6, 6.07) is 7.22. The maximum Gasteiger partial charge on any atom is 0.344 e. The average molecular weight is 349 g/mol. The number of hydroxylamine groups is 2. The Hall–Kier alpha value is -2.46. The van der Waals surface area contributed by atoms with E-state index in [9.17, 15) is 18.4 Å². The van der Waals surface area contributed by atoms with E-state index >= 15 is 0 Å². The molecule has 2 aliphatic rings. The smallest absolute Gasteiger partial charge is 0.314 e. The molecule has 3 heterocycles. The van der Waals surface area contributed by atoms with Crippen LogP contribution in [0.4, 0.5) is 4.79 Å². The molecule has 1 atom stereocenters. The fraction of sp³-hybridized carbons (Fsp3) is 0.357. The van der Waals surface area contributed by atoms with Crippen LogP contribution in [0.25, 0.3) is 0 Å². The second kappa shape index (κ2) is 5.28. The van der Waals surface area contributed by atoms with Gasteiger partial charge in [0.15, 0.2) is 9.84 Å². The number of aryl methyl sites for hydroxylation is 1. The van der Waals surface area contributed by atoms with Crippen molar-refractivity contribution in [2.24, 2.45) is 0 Å². The van der Waals surface area contributed by atoms with Gasteiger partial charge in [0.05, 0.1) is 30.3 Å². The normalized spacial score (nSPS) is 19.7. The molecule has 1 aromatic carbocycles. The van der Waals surface area contributed by atoms with Crippen LogP contribution in [0, 0.1) is 0 Å². The average Bonchev–Trinajstić information content (AvgIpc) is 3.10. The third-order valence-corrected chi connectivity index (χ3v) is 5.94. The number of carbonyl (C=O) groups is 1. The topological polar surface area (TPSA) is 109 Å². The van der Waals surface area contributed by atoms with Crippen LogP contribution in [-0.2, 0) is 22.9 Å². The standard InChI is InChI=1S/C14H15N5O4S/c20-14-17-8-11-13(12(9-17)19(14)21)16-18(15-11)6-7-24(22,23)10-4-2-1-3-5-10/h1-5,12,21H,6-9H2. The van der Waals surface area contributed by atoms with E-state index in [1.807, 2.05) is 0 Å². The minimum Gasteiger partial charge on any atom is -0.314 e. The Morgan fingerprint density at radius 3 is 2.71 bits per heavy atom. The number of hydrogen-bond acceptors (Lipinski definition) is 6. The van der Waals surface area contributed by atoms with Crippen LogP contribution < -0.4 is 0 Å². The van der Waals surface area contributed by atoms with Crippen molar-refractivity contribution in [2.75, 3.05) is 12.3 Å². The van der Waals surface area contributed by atoms with Gasteiger partial charge in [-0.3, -0.25) is 5.21 Å². The van der Waals surface area contributed by atoms with Gasteiger partial charge in [-0.25, -0.2) is 13.2 Å². The molecule has 2 bridgehead atoms. The van der Waals surface area contributed by atoms with Crippen LogP contribution in [0.1, 0.15) is 17.4 Å². The summed E-state index contributed by atoms with van der Waals surface area (Å²) in [5, 5.41) is 19.0. The molecule has 1 saturated heterocycles. The highest BCUT2D eigenvalue weighted by Gasteiger charge is 2.45. The monoisotopic (exact) mass is 349 g/mol. The summed E-state index contributed by atoms with van der Waals surface area (Å²) in [4.78, 5) is 14.8. The first-order valence-electron chi connectivity index (χ1n) is 7.44. The van der Waals surface area contributed by atoms with E-state index in [0.29, 0.717) is 23.0 Å². The Morgan fingerprint density at radius 1 is 1.21 bits per heavy atom. The Balaban J connectivity index is 1.52. The van der Waals surface area contributed by atoms with Gasteiger partial charge >= 0.3 is 6.03 Å². The number of fused-ring (bicyclic) bond motifs is 4. The minimum absolute atomic E-state index is 0.107. The van der Waals surface area contributed by atoms with Crippen molar-refractivity contribution in [1.82, 2.24) is 25.0 Å². The summed E-state index contributed by atoms with van der Waals surface area (Å²) >= 11 is 0. The molecule has 2 aromatic rings. The van der Waals surface area contributed by atoms with Crippen LogP contribution in [0.5, 0.6) is 0 Å². The first kappa shape index (κ1) is 15.1. The zero-order chi connectivity index (χ0) is 16.9. The largest absolute Gasteiger partial charge is 0.344 e. The van der Waals surface area contributed by atoms with E-state index in [0.717, 1.165) is 0 Å². The van der Waals surface area contributed by atoms with Gasteiger partial charge in [0.2, 0.25) is 0 Å². The maximum absolute atomic E-state index is 12.3. The lowest BCUT2D eigenvalue weighted by Crippen LogP contribution is -2.28. The third-order valence-electron chi connectivity index (χ3n) is 4.23. The molecule has 1 N–H and O–H groups in total. The van der Waals surface area contributed by atoms with Crippen molar-refractivity contribution in [2.45, 2.75) is 24.0 Å². The number of carbonyl (C=O) groups excluding carboxylic acids is 1. The number of hydrogen-bond donors (Lipinski definition) is 1. The number of sulfone groups is 1. The van der Waals surface area contributed by atoms with Crippen LogP contribution >= 0.6 is 0 Å². The predicted molar refractivity (Wildman–Crippen MR) is 80.7 cm³/mol. The zero-order valence-corrected chi connectivity index (χ0v) is 13.4. The van der Waals surface area contributed by atoms with E-state index in [1.165, 1.54) is 9.70 Å². The fourth-order valence-electron chi connectivity index (χ4n) is 2.97. The van der Waals surface area contributed by atoms with E-state index in [-0.39, 0.29) is 23.7 Å². The molecular weight excluding hydrogens is 334 g/mol. The SMILES string of the molecule is O=C1N2Cc3nn(CCS(=O)(=O)c4ccccc4)nc3C(C2)N1O. The van der Waals surface area contributed by atoms with Crippen molar-refractivity contribution < 1.29 is 18.4 Å². The molecule has 0 saturated carbocycles. The summed E-state index contributed by atoms with van der Waals surface area (Å²) in [6.45, 7) is 0.743. The number of rotatable bonds is 4. The number of benzene rings is 1. The molecule has 1 aromatic heterocycles. The van der Waals surface area contributed by atoms with Crippen molar-refractivity contribution in [3.63, 3.8) is 0 Å². The summed E-state index contributed by atoms with van der Waals surface area (Å²) in [6.07, 6.45) is 0. The molecule has 0 aliphatic carbocycles. The Morgan fingerprint density at radius 2 is 1.96 bits per heavy atom. The molecule has 0 radical (unpaired) electrons. The molecule has 4 rings (SSSR count). The van der Waals surface area contributed by atoms with Gasteiger partial charge in [0.1, 0.15) is 17.4 Å². The highest BCUT2D eigenvalue weighted by atomic mass is 32.2. The van der Waals surface area contributed by atoms with Gasteiger partial charge in [0.25, 0.3) is 0 Å². The van der Waals surface area contributed by atoms with Gasteiger partial charge < -0.3 is 4.90 Å². The van der Waals surface area contributed by atoms with E-state index < -0.39 is 21.9 Å². The van der Waals surface area contributed by atoms with Gasteiger partial charge in [0, 0.05) is 0 Å². The Kier molecular flexibility index (Phi) is 3.32. The summed E-state index contributed by atoms with van der Waals surface area (Å²) in [7, 11) is -3.41. The molecule has 10 heteroatoms. The number of aromatic nitrogens is 3. The molecule has 0 spiro atoms. The quantitative estimate of drug-likeness (QED) is 0.802. The van der Waals surface area contributed by atoms with Gasteiger partial charge in [-0.1, -0.05) is 18.2 Å². The lowest BCUT2D eigenvalue weighted by atomic mass is 10.1. The molecular formula is C14H15N5O4S. The Bertz CT molecular complexity index is 891. The molecule has 2 aliphatic heterocycles. The van der Waals surface area contributed by atoms with Gasteiger partial charge in [-0.2, -0.15) is 20.1 Å². The summed E-state index contributed by atoms with van der Waals surface area (Å²) < 4.78 is 24.6. The lowest BCUT2D eigenvalue weighted by Gasteiger charge is -2.17.